The molecule has 1 aromatic rings. The van der Waals surface area contributed by atoms with Crippen LogP contribution in [-0.2, 0) is 6.54 Å². The molecular formula is C16H29N3O. The van der Waals surface area contributed by atoms with Crippen LogP contribution in [0.5, 0.6) is 0 Å². The van der Waals surface area contributed by atoms with Gasteiger partial charge < -0.3 is 9.84 Å². The van der Waals surface area contributed by atoms with Crippen molar-refractivity contribution in [2.24, 2.45) is 11.3 Å². The molecule has 1 aromatic heterocycles. The van der Waals surface area contributed by atoms with Gasteiger partial charge in [-0.15, -0.1) is 0 Å². The highest BCUT2D eigenvalue weighted by Gasteiger charge is 2.35. The van der Waals surface area contributed by atoms with E-state index in [9.17, 15) is 0 Å². The summed E-state index contributed by atoms with van der Waals surface area (Å²) in [4.78, 5) is 2.56. The Balaban J connectivity index is 2.10. The Bertz CT molecular complexity index is 433. The van der Waals surface area contributed by atoms with Crippen LogP contribution in [0, 0.1) is 18.3 Å². The monoisotopic (exact) mass is 279 g/mol. The smallest absolute Gasteiger partial charge is 0.133 e. The number of aromatic nitrogens is 1. The lowest BCUT2D eigenvalue weighted by Gasteiger charge is -2.46. The molecule has 0 bridgehead atoms. The Labute approximate surface area is 122 Å². The quantitative estimate of drug-likeness (QED) is 0.924. The zero-order chi connectivity index (χ0) is 14.9. The molecule has 114 valence electrons. The maximum atomic E-state index is 5.20. The third kappa shape index (κ3) is 3.61. The zero-order valence-electron chi connectivity index (χ0n) is 13.7. The second kappa shape index (κ2) is 5.86. The van der Waals surface area contributed by atoms with Gasteiger partial charge >= 0.3 is 0 Å². The average molecular weight is 279 g/mol. The molecule has 0 aliphatic carbocycles. The number of hydrogen-bond acceptors (Lipinski definition) is 4. The van der Waals surface area contributed by atoms with Crippen LogP contribution in [0.1, 0.15) is 46.1 Å². The minimum absolute atomic E-state index is 0.278. The first-order valence-corrected chi connectivity index (χ1v) is 7.67. The van der Waals surface area contributed by atoms with Crippen molar-refractivity contribution in [1.29, 1.82) is 0 Å². The van der Waals surface area contributed by atoms with Crippen LogP contribution in [-0.4, -0.2) is 35.2 Å². The van der Waals surface area contributed by atoms with E-state index in [1.165, 1.54) is 0 Å². The highest BCUT2D eigenvalue weighted by atomic mass is 16.5. The maximum absolute atomic E-state index is 5.20. The van der Waals surface area contributed by atoms with Crippen molar-refractivity contribution in [1.82, 2.24) is 15.4 Å². The molecule has 1 N–H and O–H groups in total. The first-order valence-electron chi connectivity index (χ1n) is 7.67. The van der Waals surface area contributed by atoms with Crippen LogP contribution in [0.2, 0.25) is 0 Å². The van der Waals surface area contributed by atoms with Gasteiger partial charge in [0.25, 0.3) is 0 Å². The molecule has 2 rings (SSSR count). The second-order valence-electron chi connectivity index (χ2n) is 7.50. The van der Waals surface area contributed by atoms with E-state index in [1.54, 1.807) is 0 Å². The zero-order valence-corrected chi connectivity index (χ0v) is 13.7. The largest absolute Gasteiger partial charge is 0.361 e. The van der Waals surface area contributed by atoms with Crippen LogP contribution in [0.15, 0.2) is 10.6 Å². The van der Waals surface area contributed by atoms with Crippen molar-refractivity contribution in [3.05, 3.63) is 17.5 Å². The van der Waals surface area contributed by atoms with E-state index in [1.807, 2.05) is 13.0 Å². The number of nitrogens with zero attached hydrogens (tertiary/aromatic N) is 2. The topological polar surface area (TPSA) is 41.3 Å². The second-order valence-corrected chi connectivity index (χ2v) is 7.50. The molecule has 2 heterocycles. The molecule has 4 nitrogen and oxygen atoms in total. The molecule has 1 aliphatic rings. The number of aryl methyl sites for hydroxylation is 1. The van der Waals surface area contributed by atoms with Gasteiger partial charge in [-0.3, -0.25) is 4.90 Å². The molecule has 4 heteroatoms. The fourth-order valence-electron chi connectivity index (χ4n) is 2.95. The highest BCUT2D eigenvalue weighted by molar-refractivity contribution is 5.05. The number of hydrogen-bond donors (Lipinski definition) is 1. The van der Waals surface area contributed by atoms with E-state index in [-0.39, 0.29) is 5.41 Å². The highest BCUT2D eigenvalue weighted by Crippen LogP contribution is 2.26. The van der Waals surface area contributed by atoms with Crippen molar-refractivity contribution in [2.45, 2.75) is 60.2 Å². The summed E-state index contributed by atoms with van der Waals surface area (Å²) >= 11 is 0. The fraction of sp³-hybridized carbons (Fsp3) is 0.812. The predicted molar refractivity (Wildman–Crippen MR) is 81.5 cm³/mol. The molecule has 0 radical (unpaired) electrons. The summed E-state index contributed by atoms with van der Waals surface area (Å²) in [5, 5.41) is 7.88. The molecule has 20 heavy (non-hydrogen) atoms. The van der Waals surface area contributed by atoms with E-state index in [0.29, 0.717) is 18.0 Å². The van der Waals surface area contributed by atoms with Crippen LogP contribution < -0.4 is 5.32 Å². The summed E-state index contributed by atoms with van der Waals surface area (Å²) in [5.41, 5.74) is 1.32. The van der Waals surface area contributed by atoms with Crippen LogP contribution in [0.4, 0.5) is 0 Å². The van der Waals surface area contributed by atoms with Crippen molar-refractivity contribution in [2.75, 3.05) is 13.1 Å². The van der Waals surface area contributed by atoms with E-state index >= 15 is 0 Å². The first-order chi connectivity index (χ1) is 9.27. The minimum atomic E-state index is 0.278. The van der Waals surface area contributed by atoms with E-state index < -0.39 is 0 Å². The molecule has 0 spiro atoms. The van der Waals surface area contributed by atoms with Crippen LogP contribution in [0.3, 0.4) is 0 Å². The number of piperazine rings is 1. The SMILES string of the molecule is Cc1cc(CN2CC(C(C)(C)C)NCC2C(C)C)no1. The molecule has 0 saturated carbocycles. The van der Waals surface area contributed by atoms with Gasteiger partial charge in [0.05, 0.1) is 5.69 Å². The van der Waals surface area contributed by atoms with Gasteiger partial charge in [-0.05, 0) is 18.3 Å². The standard InChI is InChI=1S/C16H29N3O/c1-11(2)14-8-17-15(16(4,5)6)10-19(14)9-13-7-12(3)20-18-13/h7,11,14-15,17H,8-10H2,1-6H3. The number of nitrogens with one attached hydrogen (secondary N) is 1. The minimum Gasteiger partial charge on any atom is -0.361 e. The van der Waals surface area contributed by atoms with Gasteiger partial charge in [0, 0.05) is 37.8 Å². The van der Waals surface area contributed by atoms with Gasteiger partial charge in [-0.25, -0.2) is 0 Å². The molecule has 2 unspecified atom stereocenters. The Morgan fingerprint density at radius 3 is 2.65 bits per heavy atom. The summed E-state index contributed by atoms with van der Waals surface area (Å²) < 4.78 is 5.20. The van der Waals surface area contributed by atoms with E-state index in [4.69, 9.17) is 4.52 Å². The lowest BCUT2D eigenvalue weighted by molar-refractivity contribution is 0.0555. The van der Waals surface area contributed by atoms with Gasteiger partial charge in [-0.1, -0.05) is 39.8 Å². The van der Waals surface area contributed by atoms with Crippen molar-refractivity contribution >= 4 is 0 Å². The Kier molecular flexibility index (Phi) is 4.55. The summed E-state index contributed by atoms with van der Waals surface area (Å²) in [7, 11) is 0. The van der Waals surface area contributed by atoms with Crippen LogP contribution in [0.25, 0.3) is 0 Å². The Hall–Kier alpha value is -0.870. The van der Waals surface area contributed by atoms with Gasteiger partial charge in [-0.2, -0.15) is 0 Å². The van der Waals surface area contributed by atoms with Gasteiger partial charge in [0.2, 0.25) is 0 Å². The normalized spacial score (nSPS) is 25.4. The fourth-order valence-corrected chi connectivity index (χ4v) is 2.95. The third-order valence-corrected chi connectivity index (χ3v) is 4.32. The number of rotatable bonds is 3. The van der Waals surface area contributed by atoms with Crippen molar-refractivity contribution in [3.8, 4) is 0 Å². The van der Waals surface area contributed by atoms with Crippen molar-refractivity contribution in [3.63, 3.8) is 0 Å². The Morgan fingerprint density at radius 1 is 1.45 bits per heavy atom. The molecule has 1 saturated heterocycles. The molecular weight excluding hydrogens is 250 g/mol. The molecule has 1 aliphatic heterocycles. The molecule has 1 fully saturated rings. The maximum Gasteiger partial charge on any atom is 0.133 e. The lowest BCUT2D eigenvalue weighted by atomic mass is 9.83. The summed E-state index contributed by atoms with van der Waals surface area (Å²) in [6.45, 7) is 16.5. The van der Waals surface area contributed by atoms with Crippen molar-refractivity contribution < 1.29 is 4.52 Å². The molecule has 0 amide bonds. The Morgan fingerprint density at radius 2 is 2.15 bits per heavy atom. The molecule has 0 aromatic carbocycles. The van der Waals surface area contributed by atoms with Gasteiger partial charge in [0.1, 0.15) is 5.76 Å². The summed E-state index contributed by atoms with van der Waals surface area (Å²) in [6.07, 6.45) is 0. The summed E-state index contributed by atoms with van der Waals surface area (Å²) in [6, 6.07) is 3.13. The molecule has 2 atom stereocenters. The first kappa shape index (κ1) is 15.5. The lowest BCUT2D eigenvalue weighted by Crippen LogP contribution is -2.61. The average Bonchev–Trinajstić information content (AvgIpc) is 2.73. The van der Waals surface area contributed by atoms with E-state index in [2.05, 4.69) is 50.0 Å². The van der Waals surface area contributed by atoms with E-state index in [0.717, 1.165) is 31.1 Å². The van der Waals surface area contributed by atoms with Crippen LogP contribution >= 0.6 is 0 Å². The van der Waals surface area contributed by atoms with Gasteiger partial charge in [0.15, 0.2) is 0 Å². The predicted octanol–water partition coefficient (Wildman–Crippen LogP) is 2.83. The summed E-state index contributed by atoms with van der Waals surface area (Å²) in [5.74, 6) is 1.53. The third-order valence-electron chi connectivity index (χ3n) is 4.32.